The summed E-state index contributed by atoms with van der Waals surface area (Å²) in [6.07, 6.45) is 3.83. The predicted octanol–water partition coefficient (Wildman–Crippen LogP) is 1.50. The molecule has 1 N–H and O–H groups in total. The number of benzene rings is 1. The van der Waals surface area contributed by atoms with E-state index in [2.05, 4.69) is 5.32 Å². The zero-order chi connectivity index (χ0) is 16.7. The molecule has 6 nitrogen and oxygen atoms in total. The van der Waals surface area contributed by atoms with E-state index in [0.29, 0.717) is 19.6 Å². The Balaban J connectivity index is 1.98. The fourth-order valence-electron chi connectivity index (χ4n) is 2.52. The zero-order valence-corrected chi connectivity index (χ0v) is 14.0. The van der Waals surface area contributed by atoms with Crippen LogP contribution in [0.3, 0.4) is 0 Å². The highest BCUT2D eigenvalue weighted by molar-refractivity contribution is 7.91. The first-order chi connectivity index (χ1) is 11.0. The van der Waals surface area contributed by atoms with Crippen LogP contribution in [0.2, 0.25) is 0 Å². The molecule has 23 heavy (non-hydrogen) atoms. The van der Waals surface area contributed by atoms with Crippen LogP contribution in [0.4, 0.5) is 4.79 Å². The number of nitrogens with zero attached hydrogens (tertiary/aromatic N) is 1. The van der Waals surface area contributed by atoms with Crippen LogP contribution in [0.25, 0.3) is 6.08 Å². The van der Waals surface area contributed by atoms with Gasteiger partial charge in [0.2, 0.25) is 0 Å². The van der Waals surface area contributed by atoms with E-state index < -0.39 is 9.84 Å². The van der Waals surface area contributed by atoms with Crippen molar-refractivity contribution in [3.63, 3.8) is 0 Å². The van der Waals surface area contributed by atoms with E-state index in [4.69, 9.17) is 4.74 Å². The van der Waals surface area contributed by atoms with Gasteiger partial charge >= 0.3 is 6.03 Å². The summed E-state index contributed by atoms with van der Waals surface area (Å²) in [6, 6.07) is 9.00. The van der Waals surface area contributed by atoms with Crippen molar-refractivity contribution in [2.45, 2.75) is 12.5 Å². The molecule has 1 saturated heterocycles. The average molecular weight is 338 g/mol. The SMILES string of the molecule is COCCN(C(=O)N/C=C/c1ccccc1)C1CCS(=O)(=O)C1. The van der Waals surface area contributed by atoms with Gasteiger partial charge in [0.05, 0.1) is 18.1 Å². The van der Waals surface area contributed by atoms with Crippen LogP contribution in [-0.4, -0.2) is 57.2 Å². The van der Waals surface area contributed by atoms with Gasteiger partial charge in [0.1, 0.15) is 0 Å². The largest absolute Gasteiger partial charge is 0.383 e. The van der Waals surface area contributed by atoms with Gasteiger partial charge in [-0.25, -0.2) is 13.2 Å². The fourth-order valence-corrected chi connectivity index (χ4v) is 4.25. The van der Waals surface area contributed by atoms with Gasteiger partial charge in [-0.2, -0.15) is 0 Å². The van der Waals surface area contributed by atoms with Crippen molar-refractivity contribution in [3.05, 3.63) is 42.1 Å². The van der Waals surface area contributed by atoms with Crippen LogP contribution >= 0.6 is 0 Å². The maximum Gasteiger partial charge on any atom is 0.321 e. The lowest BCUT2D eigenvalue weighted by Gasteiger charge is -2.27. The Morgan fingerprint density at radius 2 is 2.13 bits per heavy atom. The third-order valence-electron chi connectivity index (χ3n) is 3.73. The van der Waals surface area contributed by atoms with Crippen LogP contribution in [0.15, 0.2) is 36.5 Å². The molecular formula is C16H22N2O4S. The average Bonchev–Trinajstić information content (AvgIpc) is 2.88. The summed E-state index contributed by atoms with van der Waals surface area (Å²) in [7, 11) is -1.49. The molecule has 1 aromatic rings. The number of methoxy groups -OCH3 is 1. The highest BCUT2D eigenvalue weighted by Gasteiger charge is 2.34. The number of carbonyl (C=O) groups excluding carboxylic acids is 1. The first-order valence-electron chi connectivity index (χ1n) is 7.50. The Labute approximate surface area is 137 Å². The molecule has 1 fully saturated rings. The van der Waals surface area contributed by atoms with Crippen molar-refractivity contribution in [2.24, 2.45) is 0 Å². The summed E-state index contributed by atoms with van der Waals surface area (Å²) in [5.74, 6) is 0.154. The van der Waals surface area contributed by atoms with E-state index in [0.717, 1.165) is 5.56 Å². The second kappa shape index (κ2) is 8.12. The summed E-state index contributed by atoms with van der Waals surface area (Å²) in [5.41, 5.74) is 0.972. The van der Waals surface area contributed by atoms with E-state index in [1.165, 1.54) is 0 Å². The minimum Gasteiger partial charge on any atom is -0.383 e. The van der Waals surface area contributed by atoms with Gasteiger partial charge in [0, 0.05) is 25.9 Å². The minimum atomic E-state index is -3.04. The molecule has 1 atom stereocenters. The standard InChI is InChI=1S/C16H22N2O4S/c1-22-11-10-18(15-8-12-23(20,21)13-15)16(19)17-9-7-14-5-3-2-4-6-14/h2-7,9,15H,8,10-13H2,1H3,(H,17,19)/b9-7+. The normalized spacial score (nSPS) is 19.8. The van der Waals surface area contributed by atoms with E-state index in [1.54, 1.807) is 24.3 Å². The molecule has 1 aliphatic rings. The highest BCUT2D eigenvalue weighted by atomic mass is 32.2. The van der Waals surface area contributed by atoms with Gasteiger partial charge in [0.25, 0.3) is 0 Å². The maximum absolute atomic E-state index is 12.4. The quantitative estimate of drug-likeness (QED) is 0.853. The highest BCUT2D eigenvalue weighted by Crippen LogP contribution is 2.17. The molecule has 1 heterocycles. The van der Waals surface area contributed by atoms with Crippen LogP contribution in [-0.2, 0) is 14.6 Å². The Hall–Kier alpha value is -1.86. The van der Waals surface area contributed by atoms with Crippen LogP contribution < -0.4 is 5.32 Å². The first-order valence-corrected chi connectivity index (χ1v) is 9.32. The van der Waals surface area contributed by atoms with E-state index in [-0.39, 0.29) is 23.6 Å². The summed E-state index contributed by atoms with van der Waals surface area (Å²) in [6.45, 7) is 0.730. The van der Waals surface area contributed by atoms with Crippen molar-refractivity contribution in [2.75, 3.05) is 31.8 Å². The number of ether oxygens (including phenoxy) is 1. The number of carbonyl (C=O) groups is 1. The van der Waals surface area contributed by atoms with E-state index in [9.17, 15) is 13.2 Å². The van der Waals surface area contributed by atoms with Gasteiger partial charge in [-0.3, -0.25) is 0 Å². The molecule has 0 saturated carbocycles. The van der Waals surface area contributed by atoms with Crippen molar-refractivity contribution in [1.29, 1.82) is 0 Å². The number of urea groups is 1. The molecule has 0 radical (unpaired) electrons. The summed E-state index contributed by atoms with van der Waals surface area (Å²) >= 11 is 0. The summed E-state index contributed by atoms with van der Waals surface area (Å²) < 4.78 is 28.3. The second-order valence-corrected chi connectivity index (χ2v) is 7.67. The van der Waals surface area contributed by atoms with Crippen molar-refractivity contribution < 1.29 is 17.9 Å². The molecule has 2 amide bonds. The number of sulfone groups is 1. The van der Waals surface area contributed by atoms with E-state index in [1.807, 2.05) is 30.3 Å². The predicted molar refractivity (Wildman–Crippen MR) is 89.6 cm³/mol. The molecule has 2 rings (SSSR count). The number of hydrogen-bond acceptors (Lipinski definition) is 4. The van der Waals surface area contributed by atoms with Crippen molar-refractivity contribution in [3.8, 4) is 0 Å². The van der Waals surface area contributed by atoms with Crippen molar-refractivity contribution in [1.82, 2.24) is 10.2 Å². The Morgan fingerprint density at radius 3 is 2.74 bits per heavy atom. The molecule has 1 unspecified atom stereocenters. The van der Waals surface area contributed by atoms with Gasteiger partial charge in [-0.1, -0.05) is 30.3 Å². The topological polar surface area (TPSA) is 75.7 Å². The number of hydrogen-bond donors (Lipinski definition) is 1. The minimum absolute atomic E-state index is 0.0204. The first kappa shape index (κ1) is 17.5. The van der Waals surface area contributed by atoms with Gasteiger partial charge < -0.3 is 15.0 Å². The third-order valence-corrected chi connectivity index (χ3v) is 5.48. The molecule has 1 aromatic carbocycles. The fraction of sp³-hybridized carbons (Fsp3) is 0.438. The number of amides is 2. The Morgan fingerprint density at radius 1 is 1.39 bits per heavy atom. The van der Waals surface area contributed by atoms with Crippen molar-refractivity contribution >= 4 is 21.9 Å². The lowest BCUT2D eigenvalue weighted by atomic mass is 10.2. The third kappa shape index (κ3) is 5.37. The lowest BCUT2D eigenvalue weighted by molar-refractivity contribution is 0.135. The molecular weight excluding hydrogens is 316 g/mol. The molecule has 7 heteroatoms. The molecule has 1 aliphatic heterocycles. The number of rotatable bonds is 6. The van der Waals surface area contributed by atoms with E-state index >= 15 is 0 Å². The Bertz CT molecular complexity index is 643. The lowest BCUT2D eigenvalue weighted by Crippen LogP contribution is -2.46. The van der Waals surface area contributed by atoms with Gasteiger partial charge in [-0.05, 0) is 18.1 Å². The maximum atomic E-state index is 12.4. The second-order valence-electron chi connectivity index (χ2n) is 5.44. The summed E-state index contributed by atoms with van der Waals surface area (Å²) in [5, 5.41) is 2.70. The Kier molecular flexibility index (Phi) is 6.18. The smallest absolute Gasteiger partial charge is 0.321 e. The molecule has 126 valence electrons. The van der Waals surface area contributed by atoms with Gasteiger partial charge in [-0.15, -0.1) is 0 Å². The van der Waals surface area contributed by atoms with Crippen LogP contribution in [0.1, 0.15) is 12.0 Å². The molecule has 0 aromatic heterocycles. The molecule has 0 bridgehead atoms. The van der Waals surface area contributed by atoms with Gasteiger partial charge in [0.15, 0.2) is 9.84 Å². The summed E-state index contributed by atoms with van der Waals surface area (Å²) in [4.78, 5) is 13.9. The zero-order valence-electron chi connectivity index (χ0n) is 13.1. The van der Waals surface area contributed by atoms with Crippen LogP contribution in [0.5, 0.6) is 0 Å². The number of nitrogens with one attached hydrogen (secondary N) is 1. The molecule has 0 spiro atoms. The monoisotopic (exact) mass is 338 g/mol. The van der Waals surface area contributed by atoms with Crippen LogP contribution in [0, 0.1) is 0 Å². The molecule has 0 aliphatic carbocycles.